The molecule has 0 saturated heterocycles. The molecule has 2 N–H and O–H groups in total. The predicted octanol–water partition coefficient (Wildman–Crippen LogP) is 3.52. The van der Waals surface area contributed by atoms with Crippen LogP contribution in [-0.2, 0) is 6.42 Å². The third kappa shape index (κ3) is 3.30. The van der Waals surface area contributed by atoms with Gasteiger partial charge in [-0.2, -0.15) is 0 Å². The maximum Gasteiger partial charge on any atom is 0.256 e. The van der Waals surface area contributed by atoms with E-state index in [1.54, 1.807) is 12.1 Å². The minimum atomic E-state index is -2.59. The number of hydrogen-bond donors (Lipinski definition) is 1. The number of nitrogens with two attached hydrogens (primary N) is 1. The molecule has 0 radical (unpaired) electrons. The second-order valence-electron chi connectivity index (χ2n) is 3.72. The molecule has 1 aromatic rings. The van der Waals surface area contributed by atoms with Crippen molar-refractivity contribution in [2.75, 3.05) is 0 Å². The van der Waals surface area contributed by atoms with Gasteiger partial charge in [0.2, 0.25) is 0 Å². The lowest BCUT2D eigenvalue weighted by atomic mass is 9.94. The van der Waals surface area contributed by atoms with Crippen LogP contribution in [-0.4, -0.2) is 12.0 Å². The molecule has 0 amide bonds. The molecule has 15 heavy (non-hydrogen) atoms. The van der Waals surface area contributed by atoms with Crippen molar-refractivity contribution in [3.63, 3.8) is 0 Å². The second-order valence-corrected chi connectivity index (χ2v) is 4.56. The zero-order valence-corrected chi connectivity index (χ0v) is 9.62. The molecule has 1 aromatic carbocycles. The Morgan fingerprint density at radius 1 is 1.40 bits per heavy atom. The molecule has 0 heterocycles. The van der Waals surface area contributed by atoms with E-state index in [1.807, 2.05) is 0 Å². The van der Waals surface area contributed by atoms with Crippen LogP contribution >= 0.6 is 23.2 Å². The highest BCUT2D eigenvalue weighted by Gasteiger charge is 2.31. The van der Waals surface area contributed by atoms with Crippen molar-refractivity contribution in [3.8, 4) is 0 Å². The van der Waals surface area contributed by atoms with E-state index < -0.39 is 12.0 Å². The van der Waals surface area contributed by atoms with E-state index in [-0.39, 0.29) is 6.42 Å². The van der Waals surface area contributed by atoms with Crippen molar-refractivity contribution < 1.29 is 8.78 Å². The molecule has 0 bridgehead atoms. The van der Waals surface area contributed by atoms with Crippen LogP contribution in [0.4, 0.5) is 8.78 Å². The second kappa shape index (κ2) is 4.64. The highest BCUT2D eigenvalue weighted by Crippen LogP contribution is 2.26. The van der Waals surface area contributed by atoms with Crippen LogP contribution in [0.3, 0.4) is 0 Å². The van der Waals surface area contributed by atoms with Crippen LogP contribution in [0.15, 0.2) is 18.2 Å². The van der Waals surface area contributed by atoms with Gasteiger partial charge in [0, 0.05) is 10.0 Å². The molecule has 0 aliphatic heterocycles. The van der Waals surface area contributed by atoms with Crippen molar-refractivity contribution in [1.29, 1.82) is 0 Å². The number of halogens is 4. The first kappa shape index (κ1) is 12.7. The van der Waals surface area contributed by atoms with Gasteiger partial charge in [-0.3, -0.25) is 0 Å². The van der Waals surface area contributed by atoms with Crippen molar-refractivity contribution in [3.05, 3.63) is 33.8 Å². The van der Waals surface area contributed by atoms with Gasteiger partial charge in [-0.25, -0.2) is 8.78 Å². The molecule has 0 spiro atoms. The lowest BCUT2D eigenvalue weighted by Gasteiger charge is -2.24. The largest absolute Gasteiger partial charge is 0.320 e. The molecule has 0 aromatic heterocycles. The van der Waals surface area contributed by atoms with Gasteiger partial charge in [-0.1, -0.05) is 29.3 Å². The Balaban J connectivity index is 2.90. The summed E-state index contributed by atoms with van der Waals surface area (Å²) in [4.78, 5) is 0. The van der Waals surface area contributed by atoms with Gasteiger partial charge in [-0.15, -0.1) is 0 Å². The lowest BCUT2D eigenvalue weighted by molar-refractivity contribution is 0.0639. The maximum absolute atomic E-state index is 12.5. The van der Waals surface area contributed by atoms with E-state index in [1.165, 1.54) is 13.0 Å². The Kier molecular flexibility index (Phi) is 3.93. The highest BCUT2D eigenvalue weighted by atomic mass is 35.5. The van der Waals surface area contributed by atoms with Crippen LogP contribution in [0.2, 0.25) is 10.0 Å². The summed E-state index contributed by atoms with van der Waals surface area (Å²) in [5.74, 6) is 0. The third-order valence-electron chi connectivity index (χ3n) is 2.08. The van der Waals surface area contributed by atoms with Crippen molar-refractivity contribution >= 4 is 23.2 Å². The van der Waals surface area contributed by atoms with E-state index >= 15 is 0 Å². The Bertz CT molecular complexity index is 353. The van der Waals surface area contributed by atoms with E-state index in [0.29, 0.717) is 15.6 Å². The average molecular weight is 254 g/mol. The van der Waals surface area contributed by atoms with Crippen molar-refractivity contribution in [2.24, 2.45) is 5.73 Å². The summed E-state index contributed by atoms with van der Waals surface area (Å²) in [6.45, 7) is 1.29. The standard InChI is InChI=1S/C10H11Cl2F2N/c1-10(15,9(13)14)5-6-2-3-7(11)4-8(6)12/h2-4,9H,5,15H2,1H3. The zero-order valence-electron chi connectivity index (χ0n) is 8.11. The van der Waals surface area contributed by atoms with Crippen LogP contribution in [0.25, 0.3) is 0 Å². The topological polar surface area (TPSA) is 26.0 Å². The monoisotopic (exact) mass is 253 g/mol. The van der Waals surface area contributed by atoms with Crippen LogP contribution in [0.1, 0.15) is 12.5 Å². The Morgan fingerprint density at radius 2 is 2.00 bits per heavy atom. The molecule has 0 aliphatic carbocycles. The molecule has 1 rings (SSSR count). The fraction of sp³-hybridized carbons (Fsp3) is 0.400. The third-order valence-corrected chi connectivity index (χ3v) is 2.67. The number of alkyl halides is 2. The molecular formula is C10H11Cl2F2N. The van der Waals surface area contributed by atoms with Crippen molar-refractivity contribution in [1.82, 2.24) is 0 Å². The summed E-state index contributed by atoms with van der Waals surface area (Å²) < 4.78 is 25.0. The fourth-order valence-corrected chi connectivity index (χ4v) is 1.63. The Hall–Kier alpha value is -0.380. The molecule has 1 atom stereocenters. The Morgan fingerprint density at radius 3 is 2.47 bits per heavy atom. The lowest BCUT2D eigenvalue weighted by Crippen LogP contribution is -2.45. The van der Waals surface area contributed by atoms with Crippen LogP contribution in [0.5, 0.6) is 0 Å². The summed E-state index contributed by atoms with van der Waals surface area (Å²) in [5, 5.41) is 0.833. The molecule has 0 saturated carbocycles. The number of hydrogen-bond acceptors (Lipinski definition) is 1. The van der Waals surface area contributed by atoms with Gasteiger partial charge in [0.25, 0.3) is 6.43 Å². The predicted molar refractivity (Wildman–Crippen MR) is 58.8 cm³/mol. The van der Waals surface area contributed by atoms with E-state index in [9.17, 15) is 8.78 Å². The zero-order chi connectivity index (χ0) is 11.6. The average Bonchev–Trinajstić information content (AvgIpc) is 2.09. The first-order valence-corrected chi connectivity index (χ1v) is 5.09. The quantitative estimate of drug-likeness (QED) is 0.877. The van der Waals surface area contributed by atoms with E-state index in [2.05, 4.69) is 0 Å². The van der Waals surface area contributed by atoms with Gasteiger partial charge in [-0.05, 0) is 31.0 Å². The smallest absolute Gasteiger partial charge is 0.256 e. The normalized spacial score (nSPS) is 15.4. The molecule has 1 nitrogen and oxygen atoms in total. The number of rotatable bonds is 3. The highest BCUT2D eigenvalue weighted by molar-refractivity contribution is 6.35. The summed E-state index contributed by atoms with van der Waals surface area (Å²) in [6, 6.07) is 4.72. The minimum absolute atomic E-state index is 0.0146. The first-order chi connectivity index (χ1) is 6.83. The van der Waals surface area contributed by atoms with Gasteiger partial charge in [0.15, 0.2) is 0 Å². The van der Waals surface area contributed by atoms with Crippen LogP contribution < -0.4 is 5.73 Å². The summed E-state index contributed by atoms with van der Waals surface area (Å²) >= 11 is 11.5. The van der Waals surface area contributed by atoms with Crippen LogP contribution in [0, 0.1) is 0 Å². The van der Waals surface area contributed by atoms with E-state index in [4.69, 9.17) is 28.9 Å². The summed E-state index contributed by atoms with van der Waals surface area (Å²) in [6.07, 6.45) is -2.58. The van der Waals surface area contributed by atoms with Gasteiger partial charge in [0.05, 0.1) is 5.54 Å². The summed E-state index contributed by atoms with van der Waals surface area (Å²) in [7, 11) is 0. The summed E-state index contributed by atoms with van der Waals surface area (Å²) in [5.41, 5.74) is 4.46. The molecule has 1 unspecified atom stereocenters. The maximum atomic E-state index is 12.5. The van der Waals surface area contributed by atoms with Gasteiger partial charge >= 0.3 is 0 Å². The van der Waals surface area contributed by atoms with E-state index in [0.717, 1.165) is 0 Å². The molecule has 84 valence electrons. The molecule has 0 fully saturated rings. The Labute approximate surface area is 97.2 Å². The first-order valence-electron chi connectivity index (χ1n) is 4.34. The van der Waals surface area contributed by atoms with Crippen molar-refractivity contribution in [2.45, 2.75) is 25.3 Å². The number of benzene rings is 1. The van der Waals surface area contributed by atoms with Gasteiger partial charge < -0.3 is 5.73 Å². The van der Waals surface area contributed by atoms with Gasteiger partial charge in [0.1, 0.15) is 0 Å². The molecule has 0 aliphatic rings. The molecular weight excluding hydrogens is 243 g/mol. The fourth-order valence-electron chi connectivity index (χ4n) is 1.15. The SMILES string of the molecule is CC(N)(Cc1ccc(Cl)cc1Cl)C(F)F. The molecule has 5 heteroatoms. The minimum Gasteiger partial charge on any atom is -0.320 e.